The van der Waals surface area contributed by atoms with Crippen LogP contribution in [0.4, 0.5) is 11.4 Å². The number of halogens is 1. The van der Waals surface area contributed by atoms with E-state index in [4.69, 9.17) is 11.6 Å². The monoisotopic (exact) mass is 466 g/mol. The molecule has 1 N–H and O–H groups in total. The number of carbonyl (C=O) groups excluding carboxylic acids is 1. The first-order valence-electron chi connectivity index (χ1n) is 9.38. The molecule has 0 radical (unpaired) electrons. The van der Waals surface area contributed by atoms with Gasteiger partial charge >= 0.3 is 0 Å². The van der Waals surface area contributed by atoms with Gasteiger partial charge in [0.1, 0.15) is 5.02 Å². The van der Waals surface area contributed by atoms with E-state index in [2.05, 4.69) is 10.3 Å². The van der Waals surface area contributed by atoms with E-state index < -0.39 is 10.8 Å². The number of fused-ring (bicyclic) bond motifs is 1. The third kappa shape index (κ3) is 4.48. The molecule has 160 valence electrons. The molecular formula is C22H15ClN4O4S. The molecule has 0 atom stereocenters. The van der Waals surface area contributed by atoms with Gasteiger partial charge in [-0.3, -0.25) is 24.3 Å². The molecule has 4 rings (SSSR count). The van der Waals surface area contributed by atoms with Crippen LogP contribution in [0.1, 0.15) is 0 Å². The fourth-order valence-electron chi connectivity index (χ4n) is 3.07. The van der Waals surface area contributed by atoms with Crippen molar-refractivity contribution in [3.8, 4) is 5.69 Å². The van der Waals surface area contributed by atoms with Crippen LogP contribution in [-0.2, 0) is 4.79 Å². The second kappa shape index (κ2) is 9.21. The van der Waals surface area contributed by atoms with E-state index in [0.29, 0.717) is 21.7 Å². The summed E-state index contributed by atoms with van der Waals surface area (Å²) in [7, 11) is 0. The van der Waals surface area contributed by atoms with Gasteiger partial charge in [-0.05, 0) is 36.4 Å². The molecule has 1 heterocycles. The van der Waals surface area contributed by atoms with Gasteiger partial charge in [-0.15, -0.1) is 0 Å². The first-order chi connectivity index (χ1) is 15.4. The second-order valence-corrected chi connectivity index (χ2v) is 8.00. The molecule has 1 aromatic heterocycles. The Morgan fingerprint density at radius 2 is 1.81 bits per heavy atom. The number of aromatic nitrogens is 2. The third-order valence-corrected chi connectivity index (χ3v) is 5.78. The highest BCUT2D eigenvalue weighted by atomic mass is 35.5. The fourth-order valence-corrected chi connectivity index (χ4v) is 4.07. The number of hydrogen-bond donors (Lipinski definition) is 1. The first-order valence-corrected chi connectivity index (χ1v) is 10.7. The van der Waals surface area contributed by atoms with Gasteiger partial charge in [0.25, 0.3) is 11.2 Å². The molecule has 0 fully saturated rings. The highest BCUT2D eigenvalue weighted by Gasteiger charge is 2.16. The maximum atomic E-state index is 13.2. The summed E-state index contributed by atoms with van der Waals surface area (Å²) in [6, 6.07) is 20.1. The van der Waals surface area contributed by atoms with Crippen molar-refractivity contribution in [3.63, 3.8) is 0 Å². The van der Waals surface area contributed by atoms with Crippen LogP contribution in [0.2, 0.25) is 5.02 Å². The lowest BCUT2D eigenvalue weighted by molar-refractivity contribution is -0.384. The van der Waals surface area contributed by atoms with Crippen LogP contribution in [0.15, 0.2) is 82.7 Å². The third-order valence-electron chi connectivity index (χ3n) is 4.52. The summed E-state index contributed by atoms with van der Waals surface area (Å²) in [6.07, 6.45) is 0. The van der Waals surface area contributed by atoms with Gasteiger partial charge in [0.2, 0.25) is 5.91 Å². The van der Waals surface area contributed by atoms with E-state index in [-0.39, 0.29) is 27.7 Å². The average molecular weight is 467 g/mol. The number of thioether (sulfide) groups is 1. The van der Waals surface area contributed by atoms with E-state index in [1.54, 1.807) is 36.4 Å². The largest absolute Gasteiger partial charge is 0.325 e. The fraction of sp³-hybridized carbons (Fsp3) is 0.0455. The van der Waals surface area contributed by atoms with Crippen molar-refractivity contribution in [3.05, 3.63) is 98.3 Å². The quantitative estimate of drug-likeness (QED) is 0.191. The topological polar surface area (TPSA) is 107 Å². The summed E-state index contributed by atoms with van der Waals surface area (Å²) >= 11 is 6.90. The molecule has 8 nitrogen and oxygen atoms in total. The van der Waals surface area contributed by atoms with E-state index in [0.717, 1.165) is 11.8 Å². The zero-order chi connectivity index (χ0) is 22.7. The number of hydrogen-bond acceptors (Lipinski definition) is 6. The van der Waals surface area contributed by atoms with Gasteiger partial charge in [0.05, 0.1) is 27.3 Å². The van der Waals surface area contributed by atoms with Crippen molar-refractivity contribution in [1.29, 1.82) is 0 Å². The van der Waals surface area contributed by atoms with E-state index in [1.807, 2.05) is 18.2 Å². The minimum absolute atomic E-state index is 0.0189. The molecule has 4 aromatic rings. The zero-order valence-corrected chi connectivity index (χ0v) is 18.0. The molecule has 0 saturated carbocycles. The SMILES string of the molecule is O=C(CSc1nc2ccccc2c(=O)n1-c1ccccc1)Nc1ccc(Cl)c([N+](=O)[O-])c1. The molecule has 0 saturated heterocycles. The number of anilines is 1. The number of nitrogens with zero attached hydrogens (tertiary/aromatic N) is 3. The van der Waals surface area contributed by atoms with Crippen LogP contribution in [0.5, 0.6) is 0 Å². The summed E-state index contributed by atoms with van der Waals surface area (Å²) in [5, 5.41) is 14.5. The minimum atomic E-state index is -0.621. The Labute approximate surface area is 191 Å². The van der Waals surface area contributed by atoms with Crippen LogP contribution in [0, 0.1) is 10.1 Å². The smallest absolute Gasteiger partial charge is 0.289 e. The van der Waals surface area contributed by atoms with Crippen molar-refractivity contribution >= 4 is 51.5 Å². The highest BCUT2D eigenvalue weighted by Crippen LogP contribution is 2.28. The normalized spacial score (nSPS) is 10.8. The van der Waals surface area contributed by atoms with Crippen molar-refractivity contribution in [2.45, 2.75) is 5.16 Å². The van der Waals surface area contributed by atoms with Gasteiger partial charge in [-0.1, -0.05) is 53.7 Å². The maximum Gasteiger partial charge on any atom is 0.289 e. The lowest BCUT2D eigenvalue weighted by Crippen LogP contribution is -2.22. The molecule has 10 heteroatoms. The van der Waals surface area contributed by atoms with Gasteiger partial charge in [-0.25, -0.2) is 4.98 Å². The number of nitro groups is 1. The maximum absolute atomic E-state index is 13.2. The Kier molecular flexibility index (Phi) is 6.20. The van der Waals surface area contributed by atoms with E-state index >= 15 is 0 Å². The van der Waals surface area contributed by atoms with Crippen molar-refractivity contribution < 1.29 is 9.72 Å². The number of nitrogens with one attached hydrogen (secondary N) is 1. The number of carbonyl (C=O) groups is 1. The molecule has 0 unspecified atom stereocenters. The van der Waals surface area contributed by atoms with Crippen LogP contribution in [-0.4, -0.2) is 26.1 Å². The molecule has 0 spiro atoms. The summed E-state index contributed by atoms with van der Waals surface area (Å²) < 4.78 is 1.47. The van der Waals surface area contributed by atoms with Crippen molar-refractivity contribution in [2.75, 3.05) is 11.1 Å². The Bertz CT molecular complexity index is 1390. The molecule has 0 aliphatic rings. The molecule has 1 amide bonds. The highest BCUT2D eigenvalue weighted by molar-refractivity contribution is 7.99. The molecular weight excluding hydrogens is 452 g/mol. The van der Waals surface area contributed by atoms with Gasteiger partial charge in [0, 0.05) is 11.8 Å². The molecule has 3 aromatic carbocycles. The Balaban J connectivity index is 1.62. The molecule has 32 heavy (non-hydrogen) atoms. The lowest BCUT2D eigenvalue weighted by atomic mass is 10.2. The number of benzene rings is 3. The molecule has 0 aliphatic heterocycles. The Hall–Kier alpha value is -3.69. The number of rotatable bonds is 6. The van der Waals surface area contributed by atoms with E-state index in [1.165, 1.54) is 22.8 Å². The first kappa shape index (κ1) is 21.5. The lowest BCUT2D eigenvalue weighted by Gasteiger charge is -2.13. The van der Waals surface area contributed by atoms with Crippen LogP contribution >= 0.6 is 23.4 Å². The molecule has 0 bridgehead atoms. The van der Waals surface area contributed by atoms with Crippen molar-refractivity contribution in [1.82, 2.24) is 9.55 Å². The van der Waals surface area contributed by atoms with Crippen LogP contribution in [0.3, 0.4) is 0 Å². The Morgan fingerprint density at radius 1 is 1.09 bits per heavy atom. The standard InChI is InChI=1S/C22H15ClN4O4S/c23-17-11-10-14(12-19(17)27(30)31)24-20(28)13-32-22-25-18-9-5-4-8-16(18)21(29)26(22)15-6-2-1-3-7-15/h1-12H,13H2,(H,24,28). The Morgan fingerprint density at radius 3 is 2.56 bits per heavy atom. The van der Waals surface area contributed by atoms with Crippen molar-refractivity contribution in [2.24, 2.45) is 0 Å². The van der Waals surface area contributed by atoms with Gasteiger partial charge in [-0.2, -0.15) is 0 Å². The van der Waals surface area contributed by atoms with Gasteiger partial charge < -0.3 is 5.32 Å². The van der Waals surface area contributed by atoms with Crippen LogP contribution in [0.25, 0.3) is 16.6 Å². The van der Waals surface area contributed by atoms with E-state index in [9.17, 15) is 19.7 Å². The summed E-state index contributed by atoms with van der Waals surface area (Å²) in [6.45, 7) is 0. The minimum Gasteiger partial charge on any atom is -0.325 e. The zero-order valence-electron chi connectivity index (χ0n) is 16.4. The van der Waals surface area contributed by atoms with Gasteiger partial charge in [0.15, 0.2) is 5.16 Å². The average Bonchev–Trinajstić information content (AvgIpc) is 2.79. The summed E-state index contributed by atoms with van der Waals surface area (Å²) in [5.41, 5.74) is 0.871. The predicted octanol–water partition coefficient (Wildman–Crippen LogP) is 4.68. The number of nitro benzene ring substituents is 1. The predicted molar refractivity (Wildman–Crippen MR) is 125 cm³/mol. The molecule has 0 aliphatic carbocycles. The number of para-hydroxylation sites is 2. The van der Waals surface area contributed by atoms with Crippen LogP contribution < -0.4 is 10.9 Å². The second-order valence-electron chi connectivity index (χ2n) is 6.65. The summed E-state index contributed by atoms with van der Waals surface area (Å²) in [4.78, 5) is 40.7. The number of amides is 1. The summed E-state index contributed by atoms with van der Waals surface area (Å²) in [5.74, 6) is -0.470.